The SMILES string of the molecule is CCOc1ccc(OCC)c(NC(=O)[C@H]2CCN[C@@H](C)C2)c1.Cl. The van der Waals surface area contributed by atoms with Crippen LogP contribution in [0.5, 0.6) is 11.5 Å². The average molecular weight is 343 g/mol. The lowest BCUT2D eigenvalue weighted by atomic mass is 9.92. The van der Waals surface area contributed by atoms with Crippen LogP contribution in [0.4, 0.5) is 5.69 Å². The Morgan fingerprint density at radius 1 is 1.30 bits per heavy atom. The van der Waals surface area contributed by atoms with Crippen LogP contribution in [-0.4, -0.2) is 31.7 Å². The number of piperidine rings is 1. The van der Waals surface area contributed by atoms with Crippen LogP contribution in [0.2, 0.25) is 0 Å². The van der Waals surface area contributed by atoms with Gasteiger partial charge in [-0.25, -0.2) is 0 Å². The van der Waals surface area contributed by atoms with Gasteiger partial charge in [-0.1, -0.05) is 0 Å². The van der Waals surface area contributed by atoms with E-state index in [0.29, 0.717) is 30.7 Å². The van der Waals surface area contributed by atoms with Gasteiger partial charge in [0, 0.05) is 18.0 Å². The van der Waals surface area contributed by atoms with Gasteiger partial charge in [-0.3, -0.25) is 4.79 Å². The van der Waals surface area contributed by atoms with Crippen molar-refractivity contribution in [1.82, 2.24) is 5.32 Å². The van der Waals surface area contributed by atoms with E-state index in [0.717, 1.165) is 25.1 Å². The molecule has 1 fully saturated rings. The summed E-state index contributed by atoms with van der Waals surface area (Å²) in [6, 6.07) is 5.91. The number of hydrogen-bond donors (Lipinski definition) is 2. The molecule has 0 unspecified atom stereocenters. The van der Waals surface area contributed by atoms with Crippen LogP contribution < -0.4 is 20.1 Å². The van der Waals surface area contributed by atoms with E-state index in [-0.39, 0.29) is 24.2 Å². The van der Waals surface area contributed by atoms with Crippen molar-refractivity contribution in [3.8, 4) is 11.5 Å². The van der Waals surface area contributed by atoms with Gasteiger partial charge in [0.1, 0.15) is 11.5 Å². The molecule has 130 valence electrons. The molecule has 6 heteroatoms. The smallest absolute Gasteiger partial charge is 0.227 e. The van der Waals surface area contributed by atoms with E-state index in [1.807, 2.05) is 32.0 Å². The molecule has 0 spiro atoms. The molecule has 23 heavy (non-hydrogen) atoms. The Hall–Kier alpha value is -1.46. The third-order valence-electron chi connectivity index (χ3n) is 3.81. The molecule has 1 saturated heterocycles. The van der Waals surface area contributed by atoms with Gasteiger partial charge in [0.2, 0.25) is 5.91 Å². The molecule has 1 aromatic rings. The number of ether oxygens (including phenoxy) is 2. The molecule has 0 saturated carbocycles. The number of carbonyl (C=O) groups is 1. The number of amides is 1. The summed E-state index contributed by atoms with van der Waals surface area (Å²) in [6.07, 6.45) is 1.73. The Morgan fingerprint density at radius 3 is 2.70 bits per heavy atom. The van der Waals surface area contributed by atoms with E-state index in [9.17, 15) is 4.79 Å². The van der Waals surface area contributed by atoms with Crippen molar-refractivity contribution in [3.63, 3.8) is 0 Å². The van der Waals surface area contributed by atoms with Crippen LogP contribution in [0.1, 0.15) is 33.6 Å². The molecule has 1 amide bonds. The first kappa shape index (κ1) is 19.6. The topological polar surface area (TPSA) is 59.6 Å². The molecule has 0 aliphatic carbocycles. The summed E-state index contributed by atoms with van der Waals surface area (Å²) in [5.74, 6) is 1.52. The molecule has 1 aliphatic rings. The lowest BCUT2D eigenvalue weighted by Gasteiger charge is -2.27. The van der Waals surface area contributed by atoms with Crippen molar-refractivity contribution >= 4 is 24.0 Å². The fraction of sp³-hybridized carbons (Fsp3) is 0.588. The molecule has 1 aromatic carbocycles. The predicted octanol–water partition coefficient (Wildman–Crippen LogP) is 3.23. The maximum atomic E-state index is 12.5. The lowest BCUT2D eigenvalue weighted by molar-refractivity contribution is -0.120. The molecule has 1 heterocycles. The number of carbonyl (C=O) groups excluding carboxylic acids is 1. The standard InChI is InChI=1S/C17H26N2O3.ClH/c1-4-21-14-6-7-16(22-5-2)15(11-14)19-17(20)13-8-9-18-12(3)10-13;/h6-7,11-13,18H,4-5,8-10H2,1-3H3,(H,19,20);1H/t12-,13-;/m0./s1. The Balaban J connectivity index is 0.00000264. The Kier molecular flexibility index (Phi) is 8.20. The highest BCUT2D eigenvalue weighted by atomic mass is 35.5. The third kappa shape index (κ3) is 5.59. The van der Waals surface area contributed by atoms with E-state index in [2.05, 4.69) is 17.6 Å². The fourth-order valence-corrected chi connectivity index (χ4v) is 2.75. The van der Waals surface area contributed by atoms with Crippen LogP contribution in [0.3, 0.4) is 0 Å². The normalized spacial score (nSPS) is 20.3. The zero-order valence-corrected chi connectivity index (χ0v) is 14.9. The monoisotopic (exact) mass is 342 g/mol. The molecule has 2 N–H and O–H groups in total. The van der Waals surface area contributed by atoms with Gasteiger partial charge < -0.3 is 20.1 Å². The van der Waals surface area contributed by atoms with Crippen LogP contribution in [0.25, 0.3) is 0 Å². The van der Waals surface area contributed by atoms with Gasteiger partial charge in [-0.15, -0.1) is 12.4 Å². The van der Waals surface area contributed by atoms with Crippen molar-refractivity contribution in [1.29, 1.82) is 0 Å². The number of rotatable bonds is 6. The first-order valence-corrected chi connectivity index (χ1v) is 8.07. The minimum Gasteiger partial charge on any atom is -0.494 e. The van der Waals surface area contributed by atoms with E-state index >= 15 is 0 Å². The molecule has 0 aromatic heterocycles. The Morgan fingerprint density at radius 2 is 2.04 bits per heavy atom. The van der Waals surface area contributed by atoms with E-state index in [4.69, 9.17) is 9.47 Å². The predicted molar refractivity (Wildman–Crippen MR) is 94.8 cm³/mol. The summed E-state index contributed by atoms with van der Waals surface area (Å²) >= 11 is 0. The van der Waals surface area contributed by atoms with Gasteiger partial charge in [-0.2, -0.15) is 0 Å². The molecule has 2 rings (SSSR count). The van der Waals surface area contributed by atoms with Gasteiger partial charge >= 0.3 is 0 Å². The van der Waals surface area contributed by atoms with Gasteiger partial charge in [-0.05, 0) is 52.3 Å². The average Bonchev–Trinajstić information content (AvgIpc) is 2.50. The number of benzene rings is 1. The lowest BCUT2D eigenvalue weighted by Crippen LogP contribution is -2.40. The highest BCUT2D eigenvalue weighted by Crippen LogP contribution is 2.30. The molecule has 0 radical (unpaired) electrons. The van der Waals surface area contributed by atoms with Gasteiger partial charge in [0.05, 0.1) is 18.9 Å². The summed E-state index contributed by atoms with van der Waals surface area (Å²) < 4.78 is 11.1. The maximum absolute atomic E-state index is 12.5. The molecule has 1 aliphatic heterocycles. The highest BCUT2D eigenvalue weighted by molar-refractivity contribution is 5.94. The zero-order chi connectivity index (χ0) is 15.9. The summed E-state index contributed by atoms with van der Waals surface area (Å²) in [4.78, 5) is 12.5. The van der Waals surface area contributed by atoms with Crippen LogP contribution in [0, 0.1) is 5.92 Å². The minimum absolute atomic E-state index is 0. The number of nitrogens with one attached hydrogen (secondary N) is 2. The molecular weight excluding hydrogens is 316 g/mol. The van der Waals surface area contributed by atoms with Crippen LogP contribution in [-0.2, 0) is 4.79 Å². The van der Waals surface area contributed by atoms with Crippen molar-refractivity contribution in [3.05, 3.63) is 18.2 Å². The van der Waals surface area contributed by atoms with Gasteiger partial charge in [0.15, 0.2) is 0 Å². The second kappa shape index (κ2) is 9.63. The molecule has 5 nitrogen and oxygen atoms in total. The number of halogens is 1. The number of hydrogen-bond acceptors (Lipinski definition) is 4. The van der Waals surface area contributed by atoms with Crippen molar-refractivity contribution < 1.29 is 14.3 Å². The van der Waals surface area contributed by atoms with E-state index in [1.165, 1.54) is 0 Å². The van der Waals surface area contributed by atoms with Crippen LogP contribution >= 0.6 is 12.4 Å². The van der Waals surface area contributed by atoms with Crippen molar-refractivity contribution in [2.75, 3.05) is 25.1 Å². The first-order chi connectivity index (χ1) is 10.6. The van der Waals surface area contributed by atoms with Gasteiger partial charge in [0.25, 0.3) is 0 Å². The number of anilines is 1. The summed E-state index contributed by atoms with van der Waals surface area (Å²) in [5.41, 5.74) is 0.684. The van der Waals surface area contributed by atoms with E-state index in [1.54, 1.807) is 0 Å². The molecule has 2 atom stereocenters. The summed E-state index contributed by atoms with van der Waals surface area (Å²) in [5, 5.41) is 6.38. The first-order valence-electron chi connectivity index (χ1n) is 8.07. The summed E-state index contributed by atoms with van der Waals surface area (Å²) in [6.45, 7) is 8.01. The minimum atomic E-state index is 0. The molecular formula is C17H27ClN2O3. The highest BCUT2D eigenvalue weighted by Gasteiger charge is 2.25. The second-order valence-corrected chi connectivity index (χ2v) is 5.59. The maximum Gasteiger partial charge on any atom is 0.227 e. The quantitative estimate of drug-likeness (QED) is 0.833. The Bertz CT molecular complexity index is 511. The zero-order valence-electron chi connectivity index (χ0n) is 14.1. The largest absolute Gasteiger partial charge is 0.494 e. The van der Waals surface area contributed by atoms with Crippen molar-refractivity contribution in [2.45, 2.75) is 39.7 Å². The van der Waals surface area contributed by atoms with E-state index < -0.39 is 0 Å². The molecule has 0 bridgehead atoms. The second-order valence-electron chi connectivity index (χ2n) is 5.59. The van der Waals surface area contributed by atoms with Crippen molar-refractivity contribution in [2.24, 2.45) is 5.92 Å². The summed E-state index contributed by atoms with van der Waals surface area (Å²) in [7, 11) is 0. The third-order valence-corrected chi connectivity index (χ3v) is 3.81. The van der Waals surface area contributed by atoms with Crippen LogP contribution in [0.15, 0.2) is 18.2 Å². The Labute approximate surface area is 144 Å². The fourth-order valence-electron chi connectivity index (χ4n) is 2.75.